The predicted molar refractivity (Wildman–Crippen MR) is 83.5 cm³/mol. The van der Waals surface area contributed by atoms with Crippen LogP contribution in [0.2, 0.25) is 0 Å². The second-order valence-corrected chi connectivity index (χ2v) is 6.52. The van der Waals surface area contributed by atoms with E-state index in [0.29, 0.717) is 10.0 Å². The Morgan fingerprint density at radius 3 is 2.43 bits per heavy atom. The number of halogens is 5. The van der Waals surface area contributed by atoms with E-state index in [-0.39, 0.29) is 10.7 Å². The molecule has 112 valence electrons. The largest absolute Gasteiger partial charge is 0.416 e. The zero-order valence-corrected chi connectivity index (χ0v) is 14.2. The van der Waals surface area contributed by atoms with Gasteiger partial charge in [0.25, 0.3) is 0 Å². The highest BCUT2D eigenvalue weighted by Gasteiger charge is 2.32. The molecule has 1 aromatic heterocycles. The third-order valence-corrected chi connectivity index (χ3v) is 5.22. The van der Waals surface area contributed by atoms with Crippen LogP contribution in [0.3, 0.4) is 0 Å². The number of alkyl halides is 4. The van der Waals surface area contributed by atoms with Crippen LogP contribution in [0, 0.1) is 0 Å². The molecule has 0 bridgehead atoms. The zero-order valence-electron chi connectivity index (χ0n) is 11.0. The minimum atomic E-state index is -4.35. The number of hydrogen-bond acceptors (Lipinski definition) is 1. The van der Waals surface area contributed by atoms with Crippen LogP contribution in [-0.4, -0.2) is 4.98 Å². The molecule has 0 amide bonds. The van der Waals surface area contributed by atoms with Crippen molar-refractivity contribution in [3.63, 3.8) is 0 Å². The van der Waals surface area contributed by atoms with E-state index in [4.69, 9.17) is 0 Å². The van der Waals surface area contributed by atoms with Crippen LogP contribution in [0.25, 0.3) is 0 Å². The van der Waals surface area contributed by atoms with Crippen molar-refractivity contribution >= 4 is 31.9 Å². The summed E-state index contributed by atoms with van der Waals surface area (Å²) in [4.78, 5) is 3.98. The van der Waals surface area contributed by atoms with Crippen LogP contribution in [0.5, 0.6) is 0 Å². The second kappa shape index (κ2) is 6.48. The Kier molecular flexibility index (Phi) is 5.09. The SMILES string of the molecule is CC(c1ccccn1)C(Br)c1cc(C(F)(F)F)ccc1Br. The van der Waals surface area contributed by atoms with Crippen molar-refractivity contribution in [2.24, 2.45) is 0 Å². The Bertz CT molecular complexity index is 614. The summed E-state index contributed by atoms with van der Waals surface area (Å²) in [7, 11) is 0. The Labute approximate surface area is 137 Å². The van der Waals surface area contributed by atoms with Gasteiger partial charge in [-0.05, 0) is 35.9 Å². The van der Waals surface area contributed by atoms with Gasteiger partial charge >= 0.3 is 6.18 Å². The molecule has 0 radical (unpaired) electrons. The molecule has 2 unspecified atom stereocenters. The van der Waals surface area contributed by atoms with E-state index in [1.54, 1.807) is 12.3 Å². The highest BCUT2D eigenvalue weighted by Crippen LogP contribution is 2.42. The molecule has 6 heteroatoms. The lowest BCUT2D eigenvalue weighted by atomic mass is 9.96. The summed E-state index contributed by atoms with van der Waals surface area (Å²) in [6, 6.07) is 9.19. The van der Waals surface area contributed by atoms with Gasteiger partial charge in [-0.3, -0.25) is 4.98 Å². The van der Waals surface area contributed by atoms with E-state index in [9.17, 15) is 13.2 Å². The maximum absolute atomic E-state index is 12.8. The third-order valence-electron chi connectivity index (χ3n) is 3.21. The fourth-order valence-electron chi connectivity index (χ4n) is 2.00. The third kappa shape index (κ3) is 3.86. The smallest absolute Gasteiger partial charge is 0.261 e. The van der Waals surface area contributed by atoms with E-state index in [1.807, 2.05) is 19.1 Å². The van der Waals surface area contributed by atoms with Crippen molar-refractivity contribution in [1.82, 2.24) is 4.98 Å². The lowest BCUT2D eigenvalue weighted by Gasteiger charge is -2.20. The molecule has 2 atom stereocenters. The van der Waals surface area contributed by atoms with Gasteiger partial charge in [0, 0.05) is 27.1 Å². The van der Waals surface area contributed by atoms with Gasteiger partial charge in [-0.25, -0.2) is 0 Å². The van der Waals surface area contributed by atoms with Crippen LogP contribution in [-0.2, 0) is 6.18 Å². The topological polar surface area (TPSA) is 12.9 Å². The van der Waals surface area contributed by atoms with Crippen molar-refractivity contribution in [2.75, 3.05) is 0 Å². The summed E-state index contributed by atoms with van der Waals surface area (Å²) < 4.78 is 39.2. The minimum absolute atomic E-state index is 0.0639. The zero-order chi connectivity index (χ0) is 15.6. The molecule has 2 aromatic rings. The normalized spacial score (nSPS) is 14.8. The number of rotatable bonds is 3. The molecule has 0 N–H and O–H groups in total. The van der Waals surface area contributed by atoms with Crippen LogP contribution in [0.15, 0.2) is 47.1 Å². The van der Waals surface area contributed by atoms with Crippen molar-refractivity contribution < 1.29 is 13.2 Å². The molecular formula is C15H12Br2F3N. The first-order chi connectivity index (χ1) is 9.80. The van der Waals surface area contributed by atoms with Crippen molar-refractivity contribution in [1.29, 1.82) is 0 Å². The quantitative estimate of drug-likeness (QED) is 0.544. The molecule has 0 fully saturated rings. The first-order valence-corrected chi connectivity index (χ1v) is 7.93. The standard InChI is InChI=1S/C15H12Br2F3N/c1-9(13-4-2-3-7-21-13)14(17)11-8-10(15(18,19)20)5-6-12(11)16/h2-9,14H,1H3. The Balaban J connectivity index is 2.37. The second-order valence-electron chi connectivity index (χ2n) is 4.68. The van der Waals surface area contributed by atoms with Crippen molar-refractivity contribution in [3.8, 4) is 0 Å². The van der Waals surface area contributed by atoms with Crippen molar-refractivity contribution in [2.45, 2.75) is 23.8 Å². The van der Waals surface area contributed by atoms with Gasteiger partial charge in [0.1, 0.15) is 0 Å². The molecular weight excluding hydrogens is 411 g/mol. The van der Waals surface area contributed by atoms with E-state index >= 15 is 0 Å². The molecule has 1 nitrogen and oxygen atoms in total. The summed E-state index contributed by atoms with van der Waals surface area (Å²) in [5.74, 6) is -0.0639. The maximum Gasteiger partial charge on any atom is 0.416 e. The Morgan fingerprint density at radius 1 is 1.14 bits per heavy atom. The number of hydrogen-bond donors (Lipinski definition) is 0. The lowest BCUT2D eigenvalue weighted by Crippen LogP contribution is -2.09. The number of pyridine rings is 1. The summed E-state index contributed by atoms with van der Waals surface area (Å²) in [5, 5.41) is 0. The summed E-state index contributed by atoms with van der Waals surface area (Å²) in [5.41, 5.74) is 0.727. The van der Waals surface area contributed by atoms with Gasteiger partial charge in [0.15, 0.2) is 0 Å². The molecule has 0 aliphatic heterocycles. The summed E-state index contributed by atoms with van der Waals surface area (Å²) >= 11 is 6.82. The monoisotopic (exact) mass is 421 g/mol. The van der Waals surface area contributed by atoms with Crippen molar-refractivity contribution in [3.05, 3.63) is 63.9 Å². The van der Waals surface area contributed by atoms with Crippen LogP contribution in [0.4, 0.5) is 13.2 Å². The van der Waals surface area contributed by atoms with E-state index in [0.717, 1.165) is 11.8 Å². The summed E-state index contributed by atoms with van der Waals surface area (Å²) in [6.45, 7) is 1.93. The van der Waals surface area contributed by atoms with E-state index < -0.39 is 11.7 Å². The molecule has 1 aromatic carbocycles. The molecule has 0 aliphatic carbocycles. The van der Waals surface area contributed by atoms with Gasteiger partial charge in [-0.1, -0.05) is 44.8 Å². The fourth-order valence-corrected chi connectivity index (χ4v) is 3.45. The molecule has 1 heterocycles. The van der Waals surface area contributed by atoms with Crippen LogP contribution in [0.1, 0.15) is 34.5 Å². The van der Waals surface area contributed by atoms with E-state index in [2.05, 4.69) is 36.8 Å². The van der Waals surface area contributed by atoms with Gasteiger partial charge in [-0.15, -0.1) is 0 Å². The number of nitrogens with zero attached hydrogens (tertiary/aromatic N) is 1. The highest BCUT2D eigenvalue weighted by molar-refractivity contribution is 9.11. The average Bonchev–Trinajstić information content (AvgIpc) is 2.46. The van der Waals surface area contributed by atoms with Crippen LogP contribution < -0.4 is 0 Å². The average molecular weight is 423 g/mol. The van der Waals surface area contributed by atoms with Gasteiger partial charge in [0.05, 0.1) is 5.56 Å². The molecule has 0 saturated carbocycles. The van der Waals surface area contributed by atoms with Gasteiger partial charge < -0.3 is 0 Å². The predicted octanol–water partition coefficient (Wildman–Crippen LogP) is 6.10. The molecule has 0 saturated heterocycles. The first-order valence-electron chi connectivity index (χ1n) is 6.22. The number of benzene rings is 1. The first kappa shape index (κ1) is 16.5. The highest BCUT2D eigenvalue weighted by atomic mass is 79.9. The minimum Gasteiger partial charge on any atom is -0.261 e. The molecule has 21 heavy (non-hydrogen) atoms. The lowest BCUT2D eigenvalue weighted by molar-refractivity contribution is -0.137. The van der Waals surface area contributed by atoms with Gasteiger partial charge in [-0.2, -0.15) is 13.2 Å². The Hall–Kier alpha value is -0.880. The summed E-state index contributed by atoms with van der Waals surface area (Å²) in [6.07, 6.45) is -2.68. The molecule has 2 rings (SSSR count). The van der Waals surface area contributed by atoms with E-state index in [1.165, 1.54) is 12.1 Å². The maximum atomic E-state index is 12.8. The van der Waals surface area contributed by atoms with Crippen LogP contribution >= 0.6 is 31.9 Å². The molecule has 0 spiro atoms. The van der Waals surface area contributed by atoms with Gasteiger partial charge in [0.2, 0.25) is 0 Å². The Morgan fingerprint density at radius 2 is 1.86 bits per heavy atom. The number of aromatic nitrogens is 1. The fraction of sp³-hybridized carbons (Fsp3) is 0.267. The molecule has 0 aliphatic rings.